The second kappa shape index (κ2) is 10.0. The molecule has 0 aliphatic heterocycles. The zero-order valence-corrected chi connectivity index (χ0v) is 19.9. The summed E-state index contributed by atoms with van der Waals surface area (Å²) in [6.45, 7) is 2.83. The molecule has 0 amide bonds. The number of nitrogens with one attached hydrogen (secondary N) is 2. The van der Waals surface area contributed by atoms with Crippen LogP contribution in [0.15, 0.2) is 79.1 Å². The lowest BCUT2D eigenvalue weighted by Gasteiger charge is -2.08. The van der Waals surface area contributed by atoms with Gasteiger partial charge in [-0.3, -0.25) is 9.78 Å². The number of thiophene rings is 1. The Morgan fingerprint density at radius 1 is 0.971 bits per heavy atom. The molecular formula is C28H26N4OS. The molecule has 5 rings (SSSR count). The van der Waals surface area contributed by atoms with Crippen molar-refractivity contribution < 1.29 is 4.79 Å². The number of benzene rings is 1. The van der Waals surface area contributed by atoms with Crippen LogP contribution in [0.25, 0.3) is 22.2 Å². The lowest BCUT2D eigenvalue weighted by atomic mass is 10.0. The van der Waals surface area contributed by atoms with Crippen molar-refractivity contribution in [2.75, 3.05) is 11.9 Å². The fraction of sp³-hybridized carbons (Fsp3) is 0.179. The third kappa shape index (κ3) is 4.63. The molecule has 0 aliphatic carbocycles. The molecule has 0 fully saturated rings. The maximum atomic E-state index is 13.4. The third-order valence-electron chi connectivity index (χ3n) is 5.83. The van der Waals surface area contributed by atoms with E-state index in [1.807, 2.05) is 60.8 Å². The second-order valence-corrected chi connectivity index (χ2v) is 9.36. The minimum absolute atomic E-state index is 0.0661. The number of para-hydroxylation sites is 1. The number of pyridine rings is 2. The minimum atomic E-state index is 0.0661. The molecule has 0 radical (unpaired) electrons. The average Bonchev–Trinajstić information content (AvgIpc) is 3.50. The zero-order chi connectivity index (χ0) is 23.3. The number of H-pyrrole nitrogens is 1. The molecular weight excluding hydrogens is 440 g/mol. The Bertz CT molecular complexity index is 1400. The van der Waals surface area contributed by atoms with Crippen LogP contribution in [0.3, 0.4) is 0 Å². The average molecular weight is 467 g/mol. The summed E-state index contributed by atoms with van der Waals surface area (Å²) in [6, 6.07) is 22.0. The van der Waals surface area contributed by atoms with Crippen molar-refractivity contribution in [3.63, 3.8) is 0 Å². The molecule has 4 heterocycles. The number of rotatable bonds is 9. The van der Waals surface area contributed by atoms with Crippen molar-refractivity contribution in [3.05, 3.63) is 100 Å². The van der Waals surface area contributed by atoms with E-state index in [1.54, 1.807) is 17.5 Å². The van der Waals surface area contributed by atoms with Crippen LogP contribution in [-0.2, 0) is 12.8 Å². The molecule has 5 aromatic rings. The molecule has 6 heteroatoms. The Morgan fingerprint density at radius 3 is 2.65 bits per heavy atom. The van der Waals surface area contributed by atoms with Crippen LogP contribution in [0, 0.1) is 0 Å². The highest BCUT2D eigenvalue weighted by Crippen LogP contribution is 2.28. The van der Waals surface area contributed by atoms with E-state index < -0.39 is 0 Å². The molecule has 5 nitrogen and oxygen atoms in total. The Kier molecular flexibility index (Phi) is 6.49. The largest absolute Gasteiger partial charge is 0.370 e. The van der Waals surface area contributed by atoms with Gasteiger partial charge in [0.2, 0.25) is 5.78 Å². The number of nitrogens with zero attached hydrogens (tertiary/aromatic N) is 2. The lowest BCUT2D eigenvalue weighted by Crippen LogP contribution is -2.10. The number of fused-ring (bicyclic) bond motifs is 1. The number of aromatic nitrogens is 3. The summed E-state index contributed by atoms with van der Waals surface area (Å²) < 4.78 is 0. The van der Waals surface area contributed by atoms with Crippen LogP contribution in [0.4, 0.5) is 5.82 Å². The molecule has 1 aromatic carbocycles. The van der Waals surface area contributed by atoms with Crippen molar-refractivity contribution in [3.8, 4) is 11.3 Å². The number of carbonyl (C=O) groups excluding carboxylic acids is 1. The number of ketones is 1. The lowest BCUT2D eigenvalue weighted by molar-refractivity contribution is 0.103. The van der Waals surface area contributed by atoms with Gasteiger partial charge in [-0.15, -0.1) is 11.3 Å². The fourth-order valence-corrected chi connectivity index (χ4v) is 5.21. The van der Waals surface area contributed by atoms with Crippen molar-refractivity contribution in [2.24, 2.45) is 0 Å². The first-order valence-electron chi connectivity index (χ1n) is 11.6. The Hall–Kier alpha value is -3.77. The first kappa shape index (κ1) is 22.0. The van der Waals surface area contributed by atoms with Gasteiger partial charge in [0.25, 0.3) is 0 Å². The van der Waals surface area contributed by atoms with Crippen molar-refractivity contribution in [2.45, 2.75) is 26.2 Å². The van der Waals surface area contributed by atoms with Gasteiger partial charge in [0.15, 0.2) is 0 Å². The predicted octanol–water partition coefficient (Wildman–Crippen LogP) is 6.52. The molecule has 170 valence electrons. The zero-order valence-electron chi connectivity index (χ0n) is 19.0. The number of aromatic amines is 1. The number of hydrogen-bond acceptors (Lipinski definition) is 5. The van der Waals surface area contributed by atoms with E-state index in [0.717, 1.165) is 51.3 Å². The molecule has 4 aromatic heterocycles. The van der Waals surface area contributed by atoms with E-state index in [4.69, 9.17) is 0 Å². The summed E-state index contributed by atoms with van der Waals surface area (Å²) in [5.41, 5.74) is 4.60. The van der Waals surface area contributed by atoms with Gasteiger partial charge < -0.3 is 10.3 Å². The van der Waals surface area contributed by atoms with Crippen molar-refractivity contribution in [1.29, 1.82) is 0 Å². The maximum Gasteiger partial charge on any atom is 0.219 e. The van der Waals surface area contributed by atoms with E-state index in [9.17, 15) is 4.79 Å². The Balaban J connectivity index is 1.33. The van der Waals surface area contributed by atoms with Crippen LogP contribution in [0.2, 0.25) is 0 Å². The summed E-state index contributed by atoms with van der Waals surface area (Å²) in [5, 5.41) is 4.49. The monoisotopic (exact) mass is 466 g/mol. The van der Waals surface area contributed by atoms with Gasteiger partial charge in [-0.05, 0) is 60.9 Å². The third-order valence-corrected chi connectivity index (χ3v) is 6.97. The minimum Gasteiger partial charge on any atom is -0.370 e. The van der Waals surface area contributed by atoms with Gasteiger partial charge >= 0.3 is 0 Å². The van der Waals surface area contributed by atoms with Crippen molar-refractivity contribution >= 4 is 33.8 Å². The van der Waals surface area contributed by atoms with Gasteiger partial charge in [-0.2, -0.15) is 0 Å². The fourth-order valence-electron chi connectivity index (χ4n) is 4.16. The summed E-state index contributed by atoms with van der Waals surface area (Å²) in [6.07, 6.45) is 6.40. The highest BCUT2D eigenvalue weighted by molar-refractivity contribution is 7.14. The first-order chi connectivity index (χ1) is 16.7. The molecule has 0 saturated carbocycles. The smallest absolute Gasteiger partial charge is 0.219 e. The van der Waals surface area contributed by atoms with Crippen LogP contribution in [0.1, 0.15) is 39.2 Å². The molecule has 0 saturated heterocycles. The summed E-state index contributed by atoms with van der Waals surface area (Å²) in [5.74, 6) is 0.867. The standard InChI is InChI=1S/C28H26N4OS/c1-2-7-20-12-13-25(34-20)28(33)27-22(21-8-3-4-10-24(21)32-27)15-17-30-26-14-11-19(18-31-26)23-9-5-6-16-29-23/h3-6,8-14,16,18,32H,2,7,15,17H2,1H3,(H,30,31). The maximum absolute atomic E-state index is 13.4. The molecule has 34 heavy (non-hydrogen) atoms. The van der Waals surface area contributed by atoms with Gasteiger partial charge in [0.05, 0.1) is 16.3 Å². The summed E-state index contributed by atoms with van der Waals surface area (Å²) in [4.78, 5) is 27.7. The van der Waals surface area contributed by atoms with Gasteiger partial charge in [0.1, 0.15) is 5.82 Å². The van der Waals surface area contributed by atoms with Crippen molar-refractivity contribution in [1.82, 2.24) is 15.0 Å². The van der Waals surface area contributed by atoms with E-state index in [1.165, 1.54) is 4.88 Å². The highest BCUT2D eigenvalue weighted by Gasteiger charge is 2.20. The second-order valence-electron chi connectivity index (χ2n) is 8.19. The van der Waals surface area contributed by atoms with E-state index in [0.29, 0.717) is 18.7 Å². The Labute approximate surface area is 202 Å². The van der Waals surface area contributed by atoms with E-state index in [2.05, 4.69) is 39.3 Å². The van der Waals surface area contributed by atoms with Crippen LogP contribution >= 0.6 is 11.3 Å². The SMILES string of the molecule is CCCc1ccc(C(=O)c2[nH]c3ccccc3c2CCNc2ccc(-c3ccccn3)cn2)s1. The summed E-state index contributed by atoms with van der Waals surface area (Å²) in [7, 11) is 0. The van der Waals surface area contributed by atoms with Crippen LogP contribution in [-0.4, -0.2) is 27.3 Å². The van der Waals surface area contributed by atoms with E-state index >= 15 is 0 Å². The molecule has 0 atom stereocenters. The first-order valence-corrected chi connectivity index (χ1v) is 12.4. The predicted molar refractivity (Wildman–Crippen MR) is 140 cm³/mol. The van der Waals surface area contributed by atoms with Gasteiger partial charge in [-0.1, -0.05) is 37.6 Å². The normalized spacial score (nSPS) is 11.1. The highest BCUT2D eigenvalue weighted by atomic mass is 32.1. The number of hydrogen-bond donors (Lipinski definition) is 2. The van der Waals surface area contributed by atoms with E-state index in [-0.39, 0.29) is 5.78 Å². The topological polar surface area (TPSA) is 70.7 Å². The molecule has 2 N–H and O–H groups in total. The van der Waals surface area contributed by atoms with Gasteiger partial charge in [-0.25, -0.2) is 4.98 Å². The quantitative estimate of drug-likeness (QED) is 0.243. The molecule has 0 aliphatic rings. The number of anilines is 1. The Morgan fingerprint density at radius 2 is 1.85 bits per heavy atom. The summed E-state index contributed by atoms with van der Waals surface area (Å²) >= 11 is 1.60. The number of carbonyl (C=O) groups is 1. The molecule has 0 spiro atoms. The van der Waals surface area contributed by atoms with Crippen LogP contribution in [0.5, 0.6) is 0 Å². The van der Waals surface area contributed by atoms with Gasteiger partial charge in [0, 0.05) is 40.3 Å². The molecule has 0 unspecified atom stereocenters. The number of aryl methyl sites for hydroxylation is 1. The van der Waals surface area contributed by atoms with Crippen LogP contribution < -0.4 is 5.32 Å². The molecule has 0 bridgehead atoms.